The normalized spacial score (nSPS) is 20.2. The van der Waals surface area contributed by atoms with Gasteiger partial charge in [0, 0.05) is 5.69 Å². The van der Waals surface area contributed by atoms with Gasteiger partial charge in [0.2, 0.25) is 0 Å². The van der Waals surface area contributed by atoms with Crippen molar-refractivity contribution in [3.05, 3.63) is 53.6 Å². The van der Waals surface area contributed by atoms with Crippen LogP contribution in [0.3, 0.4) is 0 Å². The van der Waals surface area contributed by atoms with E-state index in [9.17, 15) is 0 Å². The van der Waals surface area contributed by atoms with E-state index in [0.29, 0.717) is 0 Å². The number of aryl methyl sites for hydroxylation is 1. The molecular formula is C25H35N. The first-order valence-electron chi connectivity index (χ1n) is 10.7. The molecule has 0 bridgehead atoms. The van der Waals surface area contributed by atoms with Crippen LogP contribution in [-0.2, 0) is 6.42 Å². The molecule has 0 aromatic heterocycles. The molecule has 0 aliphatic heterocycles. The molecule has 1 aliphatic rings. The van der Waals surface area contributed by atoms with E-state index in [2.05, 4.69) is 56.3 Å². The minimum absolute atomic E-state index is 0.763. The fourth-order valence-electron chi connectivity index (χ4n) is 4.51. The molecule has 3 rings (SSSR count). The molecule has 0 unspecified atom stereocenters. The van der Waals surface area contributed by atoms with Crippen molar-refractivity contribution in [2.45, 2.75) is 77.6 Å². The molecule has 0 amide bonds. The number of hydrogen-bond donors (Lipinski definition) is 1. The quantitative estimate of drug-likeness (QED) is 0.410. The van der Waals surface area contributed by atoms with Gasteiger partial charge in [-0.1, -0.05) is 75.9 Å². The highest BCUT2D eigenvalue weighted by atomic mass is 14.6. The van der Waals surface area contributed by atoms with Crippen LogP contribution < -0.4 is 5.73 Å². The molecule has 2 aromatic carbocycles. The maximum Gasteiger partial charge on any atom is 0.0352 e. The van der Waals surface area contributed by atoms with E-state index in [0.717, 1.165) is 23.9 Å². The van der Waals surface area contributed by atoms with Crippen LogP contribution in [0.1, 0.15) is 82.3 Å². The number of unbranched alkanes of at least 4 members (excludes halogenated alkanes) is 2. The summed E-state index contributed by atoms with van der Waals surface area (Å²) >= 11 is 0. The Balaban J connectivity index is 1.59. The minimum Gasteiger partial charge on any atom is -0.398 e. The molecule has 26 heavy (non-hydrogen) atoms. The third-order valence-corrected chi connectivity index (χ3v) is 6.30. The van der Waals surface area contributed by atoms with Crippen LogP contribution >= 0.6 is 0 Å². The van der Waals surface area contributed by atoms with E-state index < -0.39 is 0 Å². The average Bonchev–Trinajstić information content (AvgIpc) is 2.69. The Labute approximate surface area is 160 Å². The fourth-order valence-corrected chi connectivity index (χ4v) is 4.51. The zero-order valence-electron chi connectivity index (χ0n) is 16.6. The smallest absolute Gasteiger partial charge is 0.0352 e. The number of nitrogens with two attached hydrogens (primary N) is 1. The second kappa shape index (κ2) is 9.26. The van der Waals surface area contributed by atoms with Gasteiger partial charge in [-0.3, -0.25) is 0 Å². The lowest BCUT2D eigenvalue weighted by molar-refractivity contribution is 0.303. The van der Waals surface area contributed by atoms with Crippen molar-refractivity contribution >= 4 is 5.69 Å². The number of rotatable bonds is 7. The minimum atomic E-state index is 0.763. The van der Waals surface area contributed by atoms with E-state index in [1.807, 2.05) is 0 Å². The lowest BCUT2D eigenvalue weighted by atomic mass is 9.77. The second-order valence-electron chi connectivity index (χ2n) is 8.10. The lowest BCUT2D eigenvalue weighted by Gasteiger charge is -2.29. The largest absolute Gasteiger partial charge is 0.398 e. The van der Waals surface area contributed by atoms with Crippen molar-refractivity contribution in [3.63, 3.8) is 0 Å². The number of anilines is 1. The first-order chi connectivity index (χ1) is 12.7. The van der Waals surface area contributed by atoms with Gasteiger partial charge in [-0.05, 0) is 72.3 Å². The monoisotopic (exact) mass is 349 g/mol. The van der Waals surface area contributed by atoms with Crippen LogP contribution in [0.2, 0.25) is 0 Å². The van der Waals surface area contributed by atoms with E-state index in [-0.39, 0.29) is 0 Å². The van der Waals surface area contributed by atoms with Gasteiger partial charge in [-0.15, -0.1) is 0 Å². The highest BCUT2D eigenvalue weighted by molar-refractivity contribution is 5.69. The van der Waals surface area contributed by atoms with Gasteiger partial charge < -0.3 is 5.73 Å². The van der Waals surface area contributed by atoms with Crippen LogP contribution in [0.15, 0.2) is 42.5 Å². The van der Waals surface area contributed by atoms with Gasteiger partial charge in [-0.2, -0.15) is 0 Å². The van der Waals surface area contributed by atoms with Gasteiger partial charge in [0.1, 0.15) is 0 Å². The highest BCUT2D eigenvalue weighted by Gasteiger charge is 2.22. The van der Waals surface area contributed by atoms with E-state index in [4.69, 9.17) is 5.73 Å². The van der Waals surface area contributed by atoms with Crippen LogP contribution in [0.5, 0.6) is 0 Å². The zero-order chi connectivity index (χ0) is 18.4. The molecule has 2 N–H and O–H groups in total. The van der Waals surface area contributed by atoms with Crippen molar-refractivity contribution in [2.24, 2.45) is 5.92 Å². The van der Waals surface area contributed by atoms with Crippen molar-refractivity contribution in [1.29, 1.82) is 0 Å². The highest BCUT2D eigenvalue weighted by Crippen LogP contribution is 2.38. The predicted molar refractivity (Wildman–Crippen MR) is 115 cm³/mol. The molecule has 0 atom stereocenters. The summed E-state index contributed by atoms with van der Waals surface area (Å²) in [5.74, 6) is 1.75. The van der Waals surface area contributed by atoms with Crippen molar-refractivity contribution in [3.8, 4) is 11.1 Å². The molecule has 1 heteroatoms. The molecule has 1 nitrogen and oxygen atoms in total. The number of nitrogen functional groups attached to an aromatic ring is 1. The van der Waals surface area contributed by atoms with Crippen molar-refractivity contribution in [2.75, 3.05) is 5.73 Å². The predicted octanol–water partition coefficient (Wildman–Crippen LogP) is 7.35. The third-order valence-electron chi connectivity index (χ3n) is 6.30. The Morgan fingerprint density at radius 1 is 0.846 bits per heavy atom. The summed E-state index contributed by atoms with van der Waals surface area (Å²) in [6.07, 6.45) is 12.2. The summed E-state index contributed by atoms with van der Waals surface area (Å²) in [6, 6.07) is 15.7. The van der Waals surface area contributed by atoms with Gasteiger partial charge in [0.25, 0.3) is 0 Å². The molecule has 0 saturated heterocycles. The Hall–Kier alpha value is -1.76. The molecule has 1 aliphatic carbocycles. The summed E-state index contributed by atoms with van der Waals surface area (Å²) in [5, 5.41) is 0. The second-order valence-corrected chi connectivity index (χ2v) is 8.10. The molecule has 1 saturated carbocycles. The third kappa shape index (κ3) is 4.69. The summed E-state index contributed by atoms with van der Waals surface area (Å²) in [4.78, 5) is 0. The fraction of sp³-hybridized carbons (Fsp3) is 0.520. The standard InChI is InChI=1S/C25H35N/c1-3-5-6-7-19-8-10-21(11-9-19)22-13-15-23(16-14-22)24-17-12-20(4-2)25(26)18-24/h12-19,21H,3-11,26H2,1-2H3. The molecule has 1 fully saturated rings. The summed E-state index contributed by atoms with van der Waals surface area (Å²) in [5.41, 5.74) is 12.4. The number of hydrogen-bond acceptors (Lipinski definition) is 1. The van der Waals surface area contributed by atoms with Gasteiger partial charge in [-0.25, -0.2) is 0 Å². The summed E-state index contributed by atoms with van der Waals surface area (Å²) < 4.78 is 0. The number of benzene rings is 2. The van der Waals surface area contributed by atoms with E-state index in [1.165, 1.54) is 73.6 Å². The zero-order valence-corrected chi connectivity index (χ0v) is 16.6. The van der Waals surface area contributed by atoms with Gasteiger partial charge in [0.15, 0.2) is 0 Å². The molecule has 140 valence electrons. The van der Waals surface area contributed by atoms with Crippen molar-refractivity contribution < 1.29 is 0 Å². The van der Waals surface area contributed by atoms with Crippen molar-refractivity contribution in [1.82, 2.24) is 0 Å². The maximum absolute atomic E-state index is 6.17. The molecule has 0 radical (unpaired) electrons. The Bertz CT molecular complexity index is 678. The van der Waals surface area contributed by atoms with E-state index >= 15 is 0 Å². The first-order valence-corrected chi connectivity index (χ1v) is 10.7. The summed E-state index contributed by atoms with van der Waals surface area (Å²) in [6.45, 7) is 4.45. The average molecular weight is 350 g/mol. The lowest BCUT2D eigenvalue weighted by Crippen LogP contribution is -2.13. The van der Waals surface area contributed by atoms with Gasteiger partial charge >= 0.3 is 0 Å². The van der Waals surface area contributed by atoms with Crippen LogP contribution in [0, 0.1) is 5.92 Å². The SMILES string of the molecule is CCCCCC1CCC(c2ccc(-c3ccc(CC)c(N)c3)cc2)CC1. The van der Waals surface area contributed by atoms with Crippen LogP contribution in [0.25, 0.3) is 11.1 Å². The Morgan fingerprint density at radius 2 is 1.54 bits per heavy atom. The molecule has 2 aromatic rings. The Kier molecular flexibility index (Phi) is 6.77. The van der Waals surface area contributed by atoms with Crippen LogP contribution in [0.4, 0.5) is 5.69 Å². The van der Waals surface area contributed by atoms with Gasteiger partial charge in [0.05, 0.1) is 0 Å². The molecular weight excluding hydrogens is 314 g/mol. The molecule has 0 heterocycles. The Morgan fingerprint density at radius 3 is 2.15 bits per heavy atom. The van der Waals surface area contributed by atoms with Crippen LogP contribution in [-0.4, -0.2) is 0 Å². The molecule has 0 spiro atoms. The summed E-state index contributed by atoms with van der Waals surface area (Å²) in [7, 11) is 0. The van der Waals surface area contributed by atoms with E-state index in [1.54, 1.807) is 0 Å². The maximum atomic E-state index is 6.17. The topological polar surface area (TPSA) is 26.0 Å². The first kappa shape index (κ1) is 19.0.